The minimum Gasteiger partial charge on any atom is -0.382 e. The van der Waals surface area contributed by atoms with E-state index in [1.807, 2.05) is 33.1 Å². The van der Waals surface area contributed by atoms with Gasteiger partial charge in [0.2, 0.25) is 0 Å². The lowest BCUT2D eigenvalue weighted by Gasteiger charge is -2.19. The number of nitrogens with zero attached hydrogens (tertiary/aromatic N) is 2. The molecular weight excluding hydrogens is 306 g/mol. The lowest BCUT2D eigenvalue weighted by Crippen LogP contribution is -2.25. The Morgan fingerprint density at radius 1 is 1.38 bits per heavy atom. The highest BCUT2D eigenvalue weighted by Gasteiger charge is 2.19. The molecule has 0 saturated heterocycles. The molecule has 0 aliphatic heterocycles. The molecule has 21 heavy (non-hydrogen) atoms. The summed E-state index contributed by atoms with van der Waals surface area (Å²) in [7, 11) is 0. The molecule has 1 amide bonds. The van der Waals surface area contributed by atoms with Crippen molar-refractivity contribution in [3.63, 3.8) is 0 Å². The van der Waals surface area contributed by atoms with Crippen LogP contribution < -0.4 is 16.4 Å². The van der Waals surface area contributed by atoms with Gasteiger partial charge in [-0.3, -0.25) is 4.79 Å². The molecule has 0 fully saturated rings. The second kappa shape index (κ2) is 5.98. The van der Waals surface area contributed by atoms with Gasteiger partial charge in [-0.1, -0.05) is 11.3 Å². The zero-order valence-corrected chi connectivity index (χ0v) is 14.1. The Bertz CT molecular complexity index is 641. The number of thiazole rings is 2. The fourth-order valence-electron chi connectivity index (χ4n) is 1.61. The zero-order chi connectivity index (χ0) is 15.6. The maximum atomic E-state index is 12.2. The highest BCUT2D eigenvalue weighted by molar-refractivity contribution is 7.18. The third-order valence-corrected chi connectivity index (χ3v) is 4.25. The SMILES string of the molecule is Cc1nc(CNC(=O)c2sc(NC(C)(C)C)nc2N)cs1. The number of nitrogens with two attached hydrogens (primary N) is 1. The second-order valence-electron chi connectivity index (χ2n) is 5.65. The lowest BCUT2D eigenvalue weighted by molar-refractivity contribution is 0.0955. The van der Waals surface area contributed by atoms with Gasteiger partial charge in [0.1, 0.15) is 10.7 Å². The molecule has 0 atom stereocenters. The van der Waals surface area contributed by atoms with Crippen molar-refractivity contribution in [1.82, 2.24) is 15.3 Å². The van der Waals surface area contributed by atoms with Crippen LogP contribution in [0.3, 0.4) is 0 Å². The Labute approximate surface area is 131 Å². The molecule has 2 heterocycles. The van der Waals surface area contributed by atoms with E-state index < -0.39 is 0 Å². The number of aromatic nitrogens is 2. The Morgan fingerprint density at radius 2 is 2.10 bits per heavy atom. The molecule has 2 rings (SSSR count). The topological polar surface area (TPSA) is 92.9 Å². The summed E-state index contributed by atoms with van der Waals surface area (Å²) in [5.41, 5.74) is 6.54. The largest absolute Gasteiger partial charge is 0.382 e. The van der Waals surface area contributed by atoms with E-state index in [-0.39, 0.29) is 17.3 Å². The van der Waals surface area contributed by atoms with Crippen LogP contribution in [0.15, 0.2) is 5.38 Å². The molecule has 0 bridgehead atoms. The quantitative estimate of drug-likeness (QED) is 0.803. The Kier molecular flexibility index (Phi) is 4.48. The first kappa shape index (κ1) is 15.7. The summed E-state index contributed by atoms with van der Waals surface area (Å²) in [5.74, 6) is 0.0244. The number of nitrogen functional groups attached to an aromatic ring is 1. The number of rotatable bonds is 4. The summed E-state index contributed by atoms with van der Waals surface area (Å²) >= 11 is 2.82. The zero-order valence-electron chi connectivity index (χ0n) is 12.5. The fraction of sp³-hybridized carbons (Fsp3) is 0.462. The lowest BCUT2D eigenvalue weighted by atomic mass is 10.1. The minimum absolute atomic E-state index is 0.129. The van der Waals surface area contributed by atoms with Crippen molar-refractivity contribution in [1.29, 1.82) is 0 Å². The van der Waals surface area contributed by atoms with E-state index in [9.17, 15) is 4.79 Å². The number of carbonyl (C=O) groups is 1. The number of hydrogen-bond donors (Lipinski definition) is 3. The summed E-state index contributed by atoms with van der Waals surface area (Å²) in [6, 6.07) is 0. The molecule has 0 aliphatic rings. The number of carbonyl (C=O) groups excluding carboxylic acids is 1. The molecule has 4 N–H and O–H groups in total. The molecule has 114 valence electrons. The van der Waals surface area contributed by atoms with Gasteiger partial charge in [-0.05, 0) is 27.7 Å². The first-order chi connectivity index (χ1) is 9.74. The average Bonchev–Trinajstić information content (AvgIpc) is 2.90. The van der Waals surface area contributed by atoms with E-state index in [1.165, 1.54) is 11.3 Å². The van der Waals surface area contributed by atoms with Gasteiger partial charge in [-0.15, -0.1) is 11.3 Å². The van der Waals surface area contributed by atoms with E-state index in [1.54, 1.807) is 11.3 Å². The predicted octanol–water partition coefficient (Wildman–Crippen LogP) is 2.63. The van der Waals surface area contributed by atoms with Crippen molar-refractivity contribution in [2.24, 2.45) is 0 Å². The summed E-state index contributed by atoms with van der Waals surface area (Å²) in [4.78, 5) is 21.1. The summed E-state index contributed by atoms with van der Waals surface area (Å²) in [6.45, 7) is 8.39. The summed E-state index contributed by atoms with van der Waals surface area (Å²) in [6.07, 6.45) is 0. The van der Waals surface area contributed by atoms with Crippen LogP contribution in [0.2, 0.25) is 0 Å². The molecule has 0 radical (unpaired) electrons. The maximum absolute atomic E-state index is 12.2. The molecule has 8 heteroatoms. The molecule has 2 aromatic rings. The smallest absolute Gasteiger partial charge is 0.265 e. The molecule has 0 aliphatic carbocycles. The van der Waals surface area contributed by atoms with E-state index >= 15 is 0 Å². The van der Waals surface area contributed by atoms with Crippen molar-refractivity contribution in [3.05, 3.63) is 21.0 Å². The van der Waals surface area contributed by atoms with Crippen LogP contribution in [0.1, 0.15) is 41.1 Å². The Morgan fingerprint density at radius 3 is 2.67 bits per heavy atom. The molecule has 0 saturated carbocycles. The maximum Gasteiger partial charge on any atom is 0.265 e. The number of amides is 1. The number of aryl methyl sites for hydroxylation is 1. The monoisotopic (exact) mass is 325 g/mol. The van der Waals surface area contributed by atoms with Crippen LogP contribution in [-0.4, -0.2) is 21.4 Å². The highest BCUT2D eigenvalue weighted by atomic mass is 32.1. The number of hydrogen-bond acceptors (Lipinski definition) is 7. The molecule has 2 aromatic heterocycles. The van der Waals surface area contributed by atoms with E-state index in [0.717, 1.165) is 10.7 Å². The normalized spacial score (nSPS) is 11.4. The van der Waals surface area contributed by atoms with E-state index in [4.69, 9.17) is 5.73 Å². The average molecular weight is 325 g/mol. The van der Waals surface area contributed by atoms with Gasteiger partial charge in [0.15, 0.2) is 5.13 Å². The molecule has 6 nitrogen and oxygen atoms in total. The van der Waals surface area contributed by atoms with Crippen molar-refractivity contribution in [3.8, 4) is 0 Å². The minimum atomic E-state index is -0.224. The summed E-state index contributed by atoms with van der Waals surface area (Å²) < 4.78 is 0. The molecule has 0 aromatic carbocycles. The van der Waals surface area contributed by atoms with Gasteiger partial charge in [-0.2, -0.15) is 0 Å². The van der Waals surface area contributed by atoms with Crippen LogP contribution in [0, 0.1) is 6.92 Å². The Hall–Kier alpha value is -1.67. The van der Waals surface area contributed by atoms with Gasteiger partial charge in [-0.25, -0.2) is 9.97 Å². The van der Waals surface area contributed by atoms with Crippen LogP contribution in [0.4, 0.5) is 10.9 Å². The van der Waals surface area contributed by atoms with Crippen molar-refractivity contribution in [2.75, 3.05) is 11.1 Å². The van der Waals surface area contributed by atoms with Crippen molar-refractivity contribution in [2.45, 2.75) is 39.8 Å². The first-order valence-corrected chi connectivity index (χ1v) is 8.18. The number of nitrogens with one attached hydrogen (secondary N) is 2. The van der Waals surface area contributed by atoms with Crippen LogP contribution >= 0.6 is 22.7 Å². The van der Waals surface area contributed by atoms with Crippen molar-refractivity contribution < 1.29 is 4.79 Å². The molecular formula is C13H19N5OS2. The van der Waals surface area contributed by atoms with Gasteiger partial charge >= 0.3 is 0 Å². The fourth-order valence-corrected chi connectivity index (χ4v) is 3.23. The number of anilines is 2. The Balaban J connectivity index is 2.02. The van der Waals surface area contributed by atoms with Crippen LogP contribution in [-0.2, 0) is 6.54 Å². The third kappa shape index (κ3) is 4.40. The van der Waals surface area contributed by atoms with Gasteiger partial charge in [0.05, 0.1) is 17.2 Å². The molecule has 0 unspecified atom stereocenters. The molecule has 0 spiro atoms. The van der Waals surface area contributed by atoms with Gasteiger partial charge in [0.25, 0.3) is 5.91 Å². The summed E-state index contributed by atoms with van der Waals surface area (Å²) in [5, 5.41) is 9.58. The first-order valence-electron chi connectivity index (χ1n) is 6.48. The van der Waals surface area contributed by atoms with E-state index in [2.05, 4.69) is 20.6 Å². The van der Waals surface area contributed by atoms with Crippen LogP contribution in [0.25, 0.3) is 0 Å². The van der Waals surface area contributed by atoms with Gasteiger partial charge < -0.3 is 16.4 Å². The second-order valence-corrected chi connectivity index (χ2v) is 7.71. The van der Waals surface area contributed by atoms with Crippen molar-refractivity contribution >= 4 is 39.5 Å². The third-order valence-electron chi connectivity index (χ3n) is 2.44. The predicted molar refractivity (Wildman–Crippen MR) is 87.9 cm³/mol. The van der Waals surface area contributed by atoms with Crippen LogP contribution in [0.5, 0.6) is 0 Å². The van der Waals surface area contributed by atoms with Gasteiger partial charge in [0, 0.05) is 10.9 Å². The highest BCUT2D eigenvalue weighted by Crippen LogP contribution is 2.27. The standard InChI is InChI=1S/C13H19N5OS2/c1-7-16-8(6-20-7)5-15-11(19)9-10(14)17-12(21-9)18-13(2,3)4/h6H,5,14H2,1-4H3,(H,15,19)(H,17,18). The van der Waals surface area contributed by atoms with E-state index in [0.29, 0.717) is 16.6 Å².